The van der Waals surface area contributed by atoms with Crippen molar-refractivity contribution in [3.05, 3.63) is 84.4 Å². The van der Waals surface area contributed by atoms with E-state index in [4.69, 9.17) is 24.4 Å². The van der Waals surface area contributed by atoms with Gasteiger partial charge in [-0.25, -0.2) is 0 Å². The van der Waals surface area contributed by atoms with Crippen LogP contribution in [0.25, 0.3) is 16.8 Å². The van der Waals surface area contributed by atoms with Crippen LogP contribution in [0.5, 0.6) is 0 Å². The summed E-state index contributed by atoms with van der Waals surface area (Å²) in [4.78, 5) is 12.1. The molecule has 0 unspecified atom stereocenters. The van der Waals surface area contributed by atoms with Gasteiger partial charge in [0.15, 0.2) is 10.2 Å². The summed E-state index contributed by atoms with van der Waals surface area (Å²) in [5.41, 5.74) is 7.20. The van der Waals surface area contributed by atoms with Crippen molar-refractivity contribution in [1.82, 2.24) is 16.2 Å². The van der Waals surface area contributed by atoms with E-state index in [0.29, 0.717) is 5.11 Å². The first-order chi connectivity index (χ1) is 13.6. The second-order valence-corrected chi connectivity index (χ2v) is 6.61. The van der Waals surface area contributed by atoms with E-state index in [-0.39, 0.29) is 11.0 Å². The van der Waals surface area contributed by atoms with Crippen LogP contribution in [0.1, 0.15) is 5.56 Å². The normalized spacial score (nSPS) is 10.4. The molecule has 0 aromatic heterocycles. The van der Waals surface area contributed by atoms with Gasteiger partial charge in [0.1, 0.15) is 0 Å². The predicted octanol–water partition coefficient (Wildman–Crippen LogP) is 3.75. The molecule has 3 aromatic rings. The lowest BCUT2D eigenvalue weighted by molar-refractivity contribution is -0.115. The SMILES string of the molecule is O=C(C=Cc1cccc2ccccc12)NC(=S)NNC(=S)Nc1ccccc1. The van der Waals surface area contributed by atoms with Gasteiger partial charge in [0.2, 0.25) is 5.91 Å². The number of hydrogen-bond acceptors (Lipinski definition) is 3. The molecule has 0 atom stereocenters. The average molecular weight is 407 g/mol. The fourth-order valence-electron chi connectivity index (χ4n) is 2.54. The first kappa shape index (κ1) is 19.5. The summed E-state index contributed by atoms with van der Waals surface area (Å²) in [6.07, 6.45) is 3.20. The number of carbonyl (C=O) groups excluding carboxylic acids is 1. The number of hydrazine groups is 1. The molecule has 0 radical (unpaired) electrons. The highest BCUT2D eigenvalue weighted by Crippen LogP contribution is 2.19. The van der Waals surface area contributed by atoms with Crippen LogP contribution in [0.4, 0.5) is 5.69 Å². The first-order valence-electron chi connectivity index (χ1n) is 8.51. The molecule has 0 saturated heterocycles. The molecule has 5 nitrogen and oxygen atoms in total. The number of para-hydroxylation sites is 1. The van der Waals surface area contributed by atoms with Gasteiger partial charge < -0.3 is 5.32 Å². The van der Waals surface area contributed by atoms with E-state index in [2.05, 4.69) is 21.5 Å². The second-order valence-electron chi connectivity index (χ2n) is 5.79. The van der Waals surface area contributed by atoms with E-state index >= 15 is 0 Å². The van der Waals surface area contributed by atoms with Crippen molar-refractivity contribution in [2.45, 2.75) is 0 Å². The minimum atomic E-state index is -0.339. The molecule has 140 valence electrons. The van der Waals surface area contributed by atoms with E-state index in [9.17, 15) is 4.79 Å². The Morgan fingerprint density at radius 3 is 2.29 bits per heavy atom. The molecule has 0 heterocycles. The number of carbonyl (C=O) groups is 1. The van der Waals surface area contributed by atoms with Crippen LogP contribution in [0.15, 0.2) is 78.9 Å². The van der Waals surface area contributed by atoms with Gasteiger partial charge in [-0.15, -0.1) is 0 Å². The summed E-state index contributed by atoms with van der Waals surface area (Å²) >= 11 is 10.3. The Labute approximate surface area is 173 Å². The summed E-state index contributed by atoms with van der Waals surface area (Å²) in [5, 5.41) is 8.19. The predicted molar refractivity (Wildman–Crippen MR) is 123 cm³/mol. The number of fused-ring (bicyclic) bond motifs is 1. The van der Waals surface area contributed by atoms with Gasteiger partial charge in [-0.1, -0.05) is 60.7 Å². The van der Waals surface area contributed by atoms with Crippen molar-refractivity contribution in [2.24, 2.45) is 0 Å². The fourth-order valence-corrected chi connectivity index (χ4v) is 2.86. The monoisotopic (exact) mass is 406 g/mol. The smallest absolute Gasteiger partial charge is 0.250 e. The molecular formula is C21H18N4OS2. The third kappa shape index (κ3) is 5.60. The number of anilines is 1. The van der Waals surface area contributed by atoms with Crippen LogP contribution in [0.2, 0.25) is 0 Å². The van der Waals surface area contributed by atoms with Crippen molar-refractivity contribution < 1.29 is 4.79 Å². The highest BCUT2D eigenvalue weighted by molar-refractivity contribution is 7.80. The lowest BCUT2D eigenvalue weighted by atomic mass is 10.0. The zero-order valence-corrected chi connectivity index (χ0v) is 16.4. The molecule has 28 heavy (non-hydrogen) atoms. The molecule has 0 fully saturated rings. The third-order valence-electron chi connectivity index (χ3n) is 3.80. The van der Waals surface area contributed by atoms with Gasteiger partial charge in [0.25, 0.3) is 0 Å². The number of amides is 1. The van der Waals surface area contributed by atoms with E-state index in [1.54, 1.807) is 6.08 Å². The molecule has 0 saturated carbocycles. The largest absolute Gasteiger partial charge is 0.331 e. The Bertz CT molecular complexity index is 1030. The Hall–Kier alpha value is -3.29. The molecule has 1 amide bonds. The van der Waals surface area contributed by atoms with Gasteiger partial charge >= 0.3 is 0 Å². The maximum absolute atomic E-state index is 12.1. The fraction of sp³-hybridized carbons (Fsp3) is 0. The molecule has 0 aliphatic heterocycles. The van der Waals surface area contributed by atoms with Crippen LogP contribution in [-0.4, -0.2) is 16.1 Å². The summed E-state index contributed by atoms with van der Waals surface area (Å²) in [5.74, 6) is -0.339. The minimum absolute atomic E-state index is 0.116. The van der Waals surface area contributed by atoms with Crippen molar-refractivity contribution in [3.63, 3.8) is 0 Å². The van der Waals surface area contributed by atoms with Crippen LogP contribution >= 0.6 is 24.4 Å². The quantitative estimate of drug-likeness (QED) is 0.302. The molecule has 7 heteroatoms. The average Bonchev–Trinajstić information content (AvgIpc) is 2.71. The summed E-state index contributed by atoms with van der Waals surface area (Å²) in [7, 11) is 0. The topological polar surface area (TPSA) is 65.2 Å². The molecule has 3 rings (SSSR count). The standard InChI is InChI=1S/C21H18N4OS2/c26-19(14-13-16-9-6-8-15-7-4-5-12-18(15)16)23-21(28)25-24-20(27)22-17-10-2-1-3-11-17/h1-14H,(H2,22,24,27)(H2,23,25,26,28). The van der Waals surface area contributed by atoms with Crippen LogP contribution in [0.3, 0.4) is 0 Å². The first-order valence-corrected chi connectivity index (χ1v) is 9.32. The summed E-state index contributed by atoms with van der Waals surface area (Å²) < 4.78 is 0. The third-order valence-corrected chi connectivity index (χ3v) is 4.20. The summed E-state index contributed by atoms with van der Waals surface area (Å²) in [6.45, 7) is 0. The van der Waals surface area contributed by atoms with Gasteiger partial charge in [-0.3, -0.25) is 21.0 Å². The Balaban J connectivity index is 1.49. The number of thiocarbonyl (C=S) groups is 2. The number of benzene rings is 3. The van der Waals surface area contributed by atoms with Crippen LogP contribution in [-0.2, 0) is 4.79 Å². The zero-order valence-electron chi connectivity index (χ0n) is 14.8. The minimum Gasteiger partial charge on any atom is -0.331 e. The van der Waals surface area contributed by atoms with Crippen LogP contribution < -0.4 is 21.5 Å². The number of hydrogen-bond donors (Lipinski definition) is 4. The molecular weight excluding hydrogens is 388 g/mol. The van der Waals surface area contributed by atoms with E-state index in [1.165, 1.54) is 6.08 Å². The highest BCUT2D eigenvalue weighted by Gasteiger charge is 2.03. The van der Waals surface area contributed by atoms with Gasteiger partial charge in [0, 0.05) is 11.8 Å². The molecule has 0 aliphatic carbocycles. The van der Waals surface area contributed by atoms with Gasteiger partial charge in [-0.05, 0) is 59.0 Å². The maximum Gasteiger partial charge on any atom is 0.250 e. The van der Waals surface area contributed by atoms with E-state index in [1.807, 2.05) is 72.8 Å². The van der Waals surface area contributed by atoms with Gasteiger partial charge in [-0.2, -0.15) is 0 Å². The van der Waals surface area contributed by atoms with Crippen molar-refractivity contribution >= 4 is 63.1 Å². The van der Waals surface area contributed by atoms with E-state index in [0.717, 1.165) is 22.0 Å². The van der Waals surface area contributed by atoms with Crippen molar-refractivity contribution in [1.29, 1.82) is 0 Å². The molecule has 4 N–H and O–H groups in total. The Morgan fingerprint density at radius 2 is 1.46 bits per heavy atom. The number of rotatable bonds is 3. The lowest BCUT2D eigenvalue weighted by Gasteiger charge is -2.13. The molecule has 0 bridgehead atoms. The van der Waals surface area contributed by atoms with Crippen molar-refractivity contribution in [3.8, 4) is 0 Å². The Morgan fingerprint density at radius 1 is 0.786 bits per heavy atom. The summed E-state index contributed by atoms with van der Waals surface area (Å²) in [6, 6.07) is 23.4. The van der Waals surface area contributed by atoms with Gasteiger partial charge in [0.05, 0.1) is 0 Å². The lowest BCUT2D eigenvalue weighted by Crippen LogP contribution is -2.49. The van der Waals surface area contributed by atoms with Crippen LogP contribution in [0, 0.1) is 0 Å². The molecule has 0 spiro atoms. The zero-order chi connectivity index (χ0) is 19.8. The molecule has 0 aliphatic rings. The highest BCUT2D eigenvalue weighted by atomic mass is 32.1. The maximum atomic E-state index is 12.1. The van der Waals surface area contributed by atoms with E-state index < -0.39 is 0 Å². The second kappa shape index (κ2) is 9.59. The van der Waals surface area contributed by atoms with Crippen molar-refractivity contribution in [2.75, 3.05) is 5.32 Å². The Kier molecular flexibility index (Phi) is 6.67. The number of nitrogens with one attached hydrogen (secondary N) is 4. The molecule has 3 aromatic carbocycles.